The number of quaternary nitrogens is 1. The molecule has 2 unspecified atom stereocenters. The molecule has 1 rings (SSSR count). The number of hydrogen-bond donors (Lipinski definition) is 2. The highest BCUT2D eigenvalue weighted by atomic mass is 16.5. The lowest BCUT2D eigenvalue weighted by atomic mass is 10.1. The molecule has 2 N–H and O–H groups in total. The van der Waals surface area contributed by atoms with Gasteiger partial charge in [0.1, 0.15) is 6.67 Å². The number of likely N-dealkylation sites (N-methyl/N-ethyl adjacent to an activating group) is 1. The Kier molecular flexibility index (Phi) is 4.31. The summed E-state index contributed by atoms with van der Waals surface area (Å²) in [6, 6.07) is 0.344. The van der Waals surface area contributed by atoms with E-state index in [-0.39, 0.29) is 6.42 Å². The number of carboxylic acids is 1. The Morgan fingerprint density at radius 1 is 1.64 bits per heavy atom. The van der Waals surface area contributed by atoms with Gasteiger partial charge in [0.15, 0.2) is 0 Å². The van der Waals surface area contributed by atoms with Gasteiger partial charge in [-0.05, 0) is 19.9 Å². The maximum absolute atomic E-state index is 11.1. The summed E-state index contributed by atoms with van der Waals surface area (Å²) in [4.78, 5) is 12.3. The van der Waals surface area contributed by atoms with Crippen LogP contribution in [0.5, 0.6) is 0 Å². The first-order chi connectivity index (χ1) is 6.59. The summed E-state index contributed by atoms with van der Waals surface area (Å²) in [7, 11) is 1.95. The highest BCUT2D eigenvalue weighted by Crippen LogP contribution is 2.09. The van der Waals surface area contributed by atoms with E-state index in [0.29, 0.717) is 30.7 Å². The Bertz CT molecular complexity index is 198. The molecule has 0 saturated carbocycles. The predicted molar refractivity (Wildman–Crippen MR) is 51.7 cm³/mol. The van der Waals surface area contributed by atoms with Crippen LogP contribution in [0.25, 0.3) is 0 Å². The number of carbonyl (C=O) groups is 1. The van der Waals surface area contributed by atoms with Crippen molar-refractivity contribution in [3.63, 3.8) is 0 Å². The SMILES string of the molecule is CN1C[NH+]([O-])CC1CCCCC(=O)O. The number of nitrogens with zero attached hydrogens (tertiary/aromatic N) is 1. The van der Waals surface area contributed by atoms with Crippen LogP contribution in [0.4, 0.5) is 0 Å². The maximum Gasteiger partial charge on any atom is 0.303 e. The van der Waals surface area contributed by atoms with Crippen LogP contribution < -0.4 is 5.06 Å². The fraction of sp³-hybridized carbons (Fsp3) is 0.889. The molecule has 1 saturated heterocycles. The molecule has 0 radical (unpaired) electrons. The molecule has 82 valence electrons. The Labute approximate surface area is 83.9 Å². The van der Waals surface area contributed by atoms with E-state index in [1.54, 1.807) is 0 Å². The van der Waals surface area contributed by atoms with Crippen molar-refractivity contribution in [3.8, 4) is 0 Å². The van der Waals surface area contributed by atoms with Crippen molar-refractivity contribution in [1.82, 2.24) is 4.90 Å². The highest BCUT2D eigenvalue weighted by Gasteiger charge is 2.25. The highest BCUT2D eigenvalue weighted by molar-refractivity contribution is 5.66. The molecule has 0 aromatic rings. The van der Waals surface area contributed by atoms with E-state index in [2.05, 4.69) is 4.90 Å². The van der Waals surface area contributed by atoms with Crippen molar-refractivity contribution in [3.05, 3.63) is 5.21 Å². The van der Waals surface area contributed by atoms with Crippen LogP contribution in [0.1, 0.15) is 25.7 Å². The van der Waals surface area contributed by atoms with Crippen LogP contribution in [0.2, 0.25) is 0 Å². The van der Waals surface area contributed by atoms with Crippen molar-refractivity contribution < 1.29 is 15.0 Å². The second-order valence-electron chi connectivity index (χ2n) is 3.95. The van der Waals surface area contributed by atoms with Crippen molar-refractivity contribution in [1.29, 1.82) is 0 Å². The van der Waals surface area contributed by atoms with Gasteiger partial charge in [0.05, 0.1) is 12.6 Å². The quantitative estimate of drug-likeness (QED) is 0.456. The topological polar surface area (TPSA) is 68.0 Å². The number of rotatable bonds is 5. The lowest BCUT2D eigenvalue weighted by Crippen LogP contribution is -3.05. The smallest absolute Gasteiger partial charge is 0.303 e. The van der Waals surface area contributed by atoms with E-state index in [0.717, 1.165) is 12.8 Å². The van der Waals surface area contributed by atoms with Gasteiger partial charge in [-0.25, -0.2) is 0 Å². The molecular formula is C9H18N2O3. The molecule has 1 heterocycles. The summed E-state index contributed by atoms with van der Waals surface area (Å²) in [5.41, 5.74) is 0. The molecule has 0 spiro atoms. The van der Waals surface area contributed by atoms with Gasteiger partial charge in [0, 0.05) is 6.42 Å². The second kappa shape index (κ2) is 5.29. The molecule has 5 nitrogen and oxygen atoms in total. The lowest BCUT2D eigenvalue weighted by molar-refractivity contribution is -0.839. The third kappa shape index (κ3) is 3.61. The molecule has 0 aromatic heterocycles. The van der Waals surface area contributed by atoms with Gasteiger partial charge < -0.3 is 15.4 Å². The first-order valence-corrected chi connectivity index (χ1v) is 5.03. The van der Waals surface area contributed by atoms with E-state index in [4.69, 9.17) is 5.11 Å². The average molecular weight is 202 g/mol. The third-order valence-corrected chi connectivity index (χ3v) is 2.69. The Balaban J connectivity index is 2.09. The zero-order valence-corrected chi connectivity index (χ0v) is 8.53. The minimum atomic E-state index is -0.735. The monoisotopic (exact) mass is 202 g/mol. The predicted octanol–water partition coefficient (Wildman–Crippen LogP) is -0.714. The Morgan fingerprint density at radius 3 is 2.86 bits per heavy atom. The van der Waals surface area contributed by atoms with E-state index in [9.17, 15) is 10.0 Å². The van der Waals surface area contributed by atoms with Gasteiger partial charge >= 0.3 is 5.97 Å². The molecule has 0 aliphatic carbocycles. The van der Waals surface area contributed by atoms with Crippen molar-refractivity contribution in [2.24, 2.45) is 0 Å². The Morgan fingerprint density at radius 2 is 2.36 bits per heavy atom. The van der Waals surface area contributed by atoms with E-state index in [1.807, 2.05) is 7.05 Å². The molecule has 0 aromatic carbocycles. The van der Waals surface area contributed by atoms with Crippen LogP contribution in [-0.2, 0) is 4.79 Å². The molecule has 0 bridgehead atoms. The van der Waals surface area contributed by atoms with E-state index in [1.165, 1.54) is 0 Å². The van der Waals surface area contributed by atoms with Gasteiger partial charge in [0.25, 0.3) is 0 Å². The third-order valence-electron chi connectivity index (χ3n) is 2.69. The van der Waals surface area contributed by atoms with Crippen LogP contribution in [0.3, 0.4) is 0 Å². The van der Waals surface area contributed by atoms with Gasteiger partial charge in [-0.15, -0.1) is 0 Å². The standard InChI is InChI=1S/C9H18N2O3/c1-10-7-11(14)6-8(10)4-2-3-5-9(12)13/h8,11H,2-7H2,1H3,(H,12,13). The molecule has 5 heteroatoms. The summed E-state index contributed by atoms with van der Waals surface area (Å²) >= 11 is 0. The fourth-order valence-corrected chi connectivity index (χ4v) is 1.87. The summed E-state index contributed by atoms with van der Waals surface area (Å²) in [5.74, 6) is -0.735. The van der Waals surface area contributed by atoms with Crippen molar-refractivity contribution in [2.75, 3.05) is 20.3 Å². The maximum atomic E-state index is 11.1. The second-order valence-corrected chi connectivity index (χ2v) is 3.95. The van der Waals surface area contributed by atoms with Crippen LogP contribution >= 0.6 is 0 Å². The number of aliphatic carboxylic acids is 1. The summed E-state index contributed by atoms with van der Waals surface area (Å²) < 4.78 is 0. The zero-order valence-electron chi connectivity index (χ0n) is 8.53. The first-order valence-electron chi connectivity index (χ1n) is 5.03. The van der Waals surface area contributed by atoms with Gasteiger partial charge in [0.2, 0.25) is 0 Å². The van der Waals surface area contributed by atoms with E-state index < -0.39 is 5.97 Å². The minimum Gasteiger partial charge on any atom is -0.633 e. The molecule has 1 fully saturated rings. The number of nitrogens with one attached hydrogen (secondary N) is 1. The van der Waals surface area contributed by atoms with Gasteiger partial charge in [-0.2, -0.15) is 0 Å². The Hall–Kier alpha value is -0.650. The molecule has 14 heavy (non-hydrogen) atoms. The normalized spacial score (nSPS) is 28.1. The first kappa shape index (κ1) is 11.4. The number of unbranched alkanes of at least 4 members (excludes halogenated alkanes) is 1. The molecule has 1 aliphatic heterocycles. The van der Waals surface area contributed by atoms with Gasteiger partial charge in [-0.3, -0.25) is 9.69 Å². The van der Waals surface area contributed by atoms with E-state index >= 15 is 0 Å². The lowest BCUT2D eigenvalue weighted by Gasteiger charge is -2.13. The van der Waals surface area contributed by atoms with Crippen LogP contribution in [-0.4, -0.2) is 42.3 Å². The number of carboxylic acid groups (broad SMARTS) is 1. The largest absolute Gasteiger partial charge is 0.633 e. The van der Waals surface area contributed by atoms with Crippen molar-refractivity contribution >= 4 is 5.97 Å². The van der Waals surface area contributed by atoms with Gasteiger partial charge in [-0.1, -0.05) is 6.42 Å². The number of hydrogen-bond acceptors (Lipinski definition) is 3. The fourth-order valence-electron chi connectivity index (χ4n) is 1.87. The summed E-state index contributed by atoms with van der Waals surface area (Å²) in [6.07, 6.45) is 2.79. The average Bonchev–Trinajstić information content (AvgIpc) is 2.39. The van der Waals surface area contributed by atoms with Crippen molar-refractivity contribution in [2.45, 2.75) is 31.7 Å². The molecular weight excluding hydrogens is 184 g/mol. The minimum absolute atomic E-state index is 0.240. The molecule has 0 amide bonds. The molecule has 1 aliphatic rings. The summed E-state index contributed by atoms with van der Waals surface area (Å²) in [5, 5.41) is 19.8. The number of hydroxylamine groups is 2. The van der Waals surface area contributed by atoms with Crippen LogP contribution in [0.15, 0.2) is 0 Å². The summed E-state index contributed by atoms with van der Waals surface area (Å²) in [6.45, 7) is 1.20. The van der Waals surface area contributed by atoms with Crippen LogP contribution in [0, 0.1) is 5.21 Å². The molecule has 2 atom stereocenters. The zero-order chi connectivity index (χ0) is 10.6.